The molecule has 48 heavy (non-hydrogen) atoms. The Hall–Kier alpha value is -6.25. The number of rotatable bonds is 2. The fourth-order valence-electron chi connectivity index (χ4n) is 8.68. The second-order valence-corrected chi connectivity index (χ2v) is 13.0. The number of hydrogen-bond donors (Lipinski definition) is 0. The number of benzene rings is 8. The van der Waals surface area contributed by atoms with Crippen molar-refractivity contribution in [2.24, 2.45) is 0 Å². The van der Waals surface area contributed by atoms with Crippen molar-refractivity contribution < 1.29 is 4.42 Å². The summed E-state index contributed by atoms with van der Waals surface area (Å²) in [4.78, 5) is 4.89. The van der Waals surface area contributed by atoms with Crippen LogP contribution in [0.2, 0.25) is 0 Å². The molecule has 0 saturated heterocycles. The molecule has 2 heteroatoms. The molecule has 222 valence electrons. The molecule has 8 aromatic carbocycles. The highest BCUT2D eigenvalue weighted by atomic mass is 16.3. The maximum Gasteiger partial charge on any atom is 0.227 e. The smallest absolute Gasteiger partial charge is 0.227 e. The molecule has 0 saturated carbocycles. The molecular formula is C46H27NO. The molecule has 0 N–H and O–H groups in total. The lowest BCUT2D eigenvalue weighted by molar-refractivity contribution is 0.623. The second kappa shape index (κ2) is 9.40. The van der Waals surface area contributed by atoms with E-state index >= 15 is 0 Å². The first-order valence-corrected chi connectivity index (χ1v) is 16.5. The SMILES string of the molecule is c1ccc(-c2nc3ccc4ccc5ccc(-c6ccc7c(c6)C6(c8ccccc8-c8ccccc86)c6ccccc6-7)cc5c4c3o2)cc1. The van der Waals surface area contributed by atoms with Gasteiger partial charge in [0.15, 0.2) is 5.58 Å². The van der Waals surface area contributed by atoms with E-state index in [4.69, 9.17) is 9.40 Å². The van der Waals surface area contributed by atoms with Gasteiger partial charge in [0.1, 0.15) is 5.52 Å². The van der Waals surface area contributed by atoms with Crippen LogP contribution < -0.4 is 0 Å². The quantitative estimate of drug-likeness (QED) is 0.182. The molecule has 0 unspecified atom stereocenters. The summed E-state index contributed by atoms with van der Waals surface area (Å²) in [6.45, 7) is 0. The number of fused-ring (bicyclic) bond motifs is 15. The van der Waals surface area contributed by atoms with Crippen molar-refractivity contribution in [1.29, 1.82) is 0 Å². The Morgan fingerprint density at radius 2 is 0.958 bits per heavy atom. The maximum absolute atomic E-state index is 6.54. The molecular weight excluding hydrogens is 583 g/mol. The summed E-state index contributed by atoms with van der Waals surface area (Å²) >= 11 is 0. The number of aromatic nitrogens is 1. The van der Waals surface area contributed by atoms with Gasteiger partial charge in [0.2, 0.25) is 5.89 Å². The zero-order valence-electron chi connectivity index (χ0n) is 25.9. The van der Waals surface area contributed by atoms with E-state index < -0.39 is 0 Å². The van der Waals surface area contributed by atoms with E-state index in [2.05, 4.69) is 133 Å². The zero-order valence-corrected chi connectivity index (χ0v) is 25.9. The monoisotopic (exact) mass is 609 g/mol. The third-order valence-corrected chi connectivity index (χ3v) is 10.7. The Morgan fingerprint density at radius 1 is 0.417 bits per heavy atom. The lowest BCUT2D eigenvalue weighted by Gasteiger charge is -2.30. The Labute approximate surface area is 277 Å². The summed E-state index contributed by atoms with van der Waals surface area (Å²) < 4.78 is 6.54. The average molecular weight is 610 g/mol. The van der Waals surface area contributed by atoms with Crippen LogP contribution in [0.5, 0.6) is 0 Å². The Kier molecular flexibility index (Phi) is 5.07. The van der Waals surface area contributed by atoms with Crippen LogP contribution >= 0.6 is 0 Å². The highest BCUT2D eigenvalue weighted by molar-refractivity contribution is 6.18. The second-order valence-electron chi connectivity index (χ2n) is 13.0. The summed E-state index contributed by atoms with van der Waals surface area (Å²) in [6, 6.07) is 59.7. The minimum atomic E-state index is -0.363. The highest BCUT2D eigenvalue weighted by Gasteiger charge is 2.51. The van der Waals surface area contributed by atoms with Crippen molar-refractivity contribution >= 4 is 32.6 Å². The molecule has 1 aromatic heterocycles. The van der Waals surface area contributed by atoms with Gasteiger partial charge < -0.3 is 4.42 Å². The zero-order chi connectivity index (χ0) is 31.4. The molecule has 11 rings (SSSR count). The molecule has 0 fully saturated rings. The van der Waals surface area contributed by atoms with Gasteiger partial charge >= 0.3 is 0 Å². The van der Waals surface area contributed by atoms with Crippen LogP contribution in [0.15, 0.2) is 168 Å². The fourth-order valence-corrected chi connectivity index (χ4v) is 8.68. The summed E-state index contributed by atoms with van der Waals surface area (Å²) in [7, 11) is 0. The molecule has 0 aliphatic heterocycles. The summed E-state index contributed by atoms with van der Waals surface area (Å²) in [6.07, 6.45) is 0. The fraction of sp³-hybridized carbons (Fsp3) is 0.0217. The van der Waals surface area contributed by atoms with Gasteiger partial charge in [-0.05, 0) is 102 Å². The van der Waals surface area contributed by atoms with Crippen LogP contribution in [0, 0.1) is 0 Å². The van der Waals surface area contributed by atoms with E-state index in [0.717, 1.165) is 27.4 Å². The number of oxazole rings is 1. The number of hydrogen-bond acceptors (Lipinski definition) is 2. The maximum atomic E-state index is 6.54. The third-order valence-electron chi connectivity index (χ3n) is 10.7. The van der Waals surface area contributed by atoms with Gasteiger partial charge in [-0.25, -0.2) is 4.98 Å². The van der Waals surface area contributed by atoms with E-state index in [1.165, 1.54) is 66.4 Å². The largest absolute Gasteiger partial charge is 0.435 e. The van der Waals surface area contributed by atoms with Gasteiger partial charge in [-0.3, -0.25) is 0 Å². The topological polar surface area (TPSA) is 26.0 Å². The summed E-state index contributed by atoms with van der Waals surface area (Å²) in [5.74, 6) is 0.645. The third kappa shape index (κ3) is 3.29. The van der Waals surface area contributed by atoms with E-state index in [1.807, 2.05) is 30.3 Å². The minimum absolute atomic E-state index is 0.363. The standard InChI is InChI=1S/C46H27NO/c1-2-10-30(11-3-1)45-47-42-25-23-29-20-18-28-19-21-31(26-37(28)43(29)44(42)48-45)32-22-24-36-35-14-6-9-17-40(35)46(41(36)27-32)38-15-7-4-12-33(38)34-13-5-8-16-39(34)46/h1-27H. The number of nitrogens with zero attached hydrogens (tertiary/aromatic N) is 1. The first-order chi connectivity index (χ1) is 23.8. The van der Waals surface area contributed by atoms with Gasteiger partial charge in [0, 0.05) is 10.9 Å². The summed E-state index contributed by atoms with van der Waals surface area (Å²) in [5, 5.41) is 4.59. The molecule has 0 radical (unpaired) electrons. The van der Waals surface area contributed by atoms with Gasteiger partial charge in [-0.2, -0.15) is 0 Å². The lowest BCUT2D eigenvalue weighted by Crippen LogP contribution is -2.25. The molecule has 0 amide bonds. The molecule has 2 nitrogen and oxygen atoms in total. The van der Waals surface area contributed by atoms with Crippen molar-refractivity contribution in [3.05, 3.63) is 186 Å². The highest BCUT2D eigenvalue weighted by Crippen LogP contribution is 2.63. The van der Waals surface area contributed by atoms with Crippen molar-refractivity contribution in [1.82, 2.24) is 4.98 Å². The predicted octanol–water partition coefficient (Wildman–Crippen LogP) is 11.8. The van der Waals surface area contributed by atoms with E-state index in [0.29, 0.717) is 5.89 Å². The van der Waals surface area contributed by atoms with Gasteiger partial charge in [-0.15, -0.1) is 0 Å². The van der Waals surface area contributed by atoms with E-state index in [1.54, 1.807) is 0 Å². The van der Waals surface area contributed by atoms with Crippen LogP contribution in [0.1, 0.15) is 22.3 Å². The Morgan fingerprint density at radius 3 is 1.67 bits per heavy atom. The molecule has 1 heterocycles. The molecule has 1 spiro atoms. The van der Waals surface area contributed by atoms with Gasteiger partial charge in [-0.1, -0.05) is 133 Å². The van der Waals surface area contributed by atoms with Crippen LogP contribution in [0.25, 0.3) is 77.5 Å². The normalized spacial score (nSPS) is 13.6. The molecule has 0 bridgehead atoms. The van der Waals surface area contributed by atoms with Crippen molar-refractivity contribution in [3.63, 3.8) is 0 Å². The first-order valence-electron chi connectivity index (χ1n) is 16.5. The van der Waals surface area contributed by atoms with E-state index in [-0.39, 0.29) is 5.41 Å². The van der Waals surface area contributed by atoms with E-state index in [9.17, 15) is 0 Å². The first kappa shape index (κ1) is 25.9. The Balaban J connectivity index is 1.16. The van der Waals surface area contributed by atoms with Crippen LogP contribution in [-0.4, -0.2) is 4.98 Å². The lowest BCUT2D eigenvalue weighted by atomic mass is 9.70. The Bertz CT molecular complexity index is 2720. The van der Waals surface area contributed by atoms with Crippen molar-refractivity contribution in [2.45, 2.75) is 5.41 Å². The molecule has 0 atom stereocenters. The van der Waals surface area contributed by atoms with Gasteiger partial charge in [0.25, 0.3) is 0 Å². The predicted molar refractivity (Wildman–Crippen MR) is 196 cm³/mol. The van der Waals surface area contributed by atoms with Crippen LogP contribution in [0.3, 0.4) is 0 Å². The minimum Gasteiger partial charge on any atom is -0.435 e. The molecule has 9 aromatic rings. The average Bonchev–Trinajstić information content (AvgIpc) is 3.82. The van der Waals surface area contributed by atoms with Gasteiger partial charge in [0.05, 0.1) is 5.41 Å². The van der Waals surface area contributed by atoms with Crippen LogP contribution in [-0.2, 0) is 5.41 Å². The van der Waals surface area contributed by atoms with Crippen molar-refractivity contribution in [3.8, 4) is 44.8 Å². The molecule has 2 aliphatic carbocycles. The summed E-state index contributed by atoms with van der Waals surface area (Å²) in [5.41, 5.74) is 15.4. The van der Waals surface area contributed by atoms with Crippen LogP contribution in [0.4, 0.5) is 0 Å². The molecule has 2 aliphatic rings. The van der Waals surface area contributed by atoms with Crippen molar-refractivity contribution in [2.75, 3.05) is 0 Å².